The fourth-order valence-corrected chi connectivity index (χ4v) is 5.64. The van der Waals surface area contributed by atoms with E-state index in [0.717, 1.165) is 0 Å². The number of ketones is 1. The molecular weight excluding hydrogens is 516 g/mol. The number of amides is 1. The first-order valence-electron chi connectivity index (χ1n) is 12.2. The van der Waals surface area contributed by atoms with Crippen LogP contribution in [-0.2, 0) is 9.59 Å². The summed E-state index contributed by atoms with van der Waals surface area (Å²) in [7, 11) is 0. The van der Waals surface area contributed by atoms with Crippen molar-refractivity contribution in [2.45, 2.75) is 6.04 Å². The molecule has 1 fully saturated rings. The average molecular weight is 536 g/mol. The number of carbonyl (C=O) groups is 4. The van der Waals surface area contributed by atoms with Crippen LogP contribution in [0.2, 0.25) is 0 Å². The van der Waals surface area contributed by atoms with Gasteiger partial charge in [0.25, 0.3) is 0 Å². The number of aromatic carboxylic acids is 2. The molecule has 10 heteroatoms. The molecule has 3 unspecified atom stereocenters. The number of piperidine rings is 1. The van der Waals surface area contributed by atoms with Crippen molar-refractivity contribution in [3.05, 3.63) is 94.6 Å². The fourth-order valence-electron chi connectivity index (χ4n) is 5.64. The summed E-state index contributed by atoms with van der Waals surface area (Å²) in [4.78, 5) is 53.8. The van der Waals surface area contributed by atoms with E-state index < -0.39 is 41.5 Å². The van der Waals surface area contributed by atoms with Crippen LogP contribution >= 0.6 is 0 Å². The summed E-state index contributed by atoms with van der Waals surface area (Å²) in [5.41, 5.74) is 1.29. The first-order chi connectivity index (χ1) is 19.2. The van der Waals surface area contributed by atoms with Crippen molar-refractivity contribution in [2.24, 2.45) is 16.8 Å². The normalized spacial score (nSPS) is 20.9. The predicted molar refractivity (Wildman–Crippen MR) is 143 cm³/mol. The van der Waals surface area contributed by atoms with Crippen LogP contribution in [-0.4, -0.2) is 50.3 Å². The molecule has 1 aliphatic carbocycles. The average Bonchev–Trinajstić information content (AvgIpc) is 2.93. The molecule has 0 bridgehead atoms. The zero-order valence-electron chi connectivity index (χ0n) is 20.5. The van der Waals surface area contributed by atoms with Gasteiger partial charge in [0.1, 0.15) is 11.4 Å². The summed E-state index contributed by atoms with van der Waals surface area (Å²) in [6.07, 6.45) is 4.53. The molecule has 40 heavy (non-hydrogen) atoms. The summed E-state index contributed by atoms with van der Waals surface area (Å²) in [5, 5.41) is 43.7. The lowest BCUT2D eigenvalue weighted by Gasteiger charge is -2.41. The third-order valence-corrected chi connectivity index (χ3v) is 7.42. The quantitative estimate of drug-likeness (QED) is 0.334. The Kier molecular flexibility index (Phi) is 5.61. The van der Waals surface area contributed by atoms with Crippen molar-refractivity contribution in [1.82, 2.24) is 5.32 Å². The fraction of sp³-hybridized carbons (Fsp3) is 0.100. The minimum atomic E-state index is -1.17. The molecular formula is C30H20N2O8. The maximum Gasteiger partial charge on any atom is 0.335 e. The molecule has 0 aromatic heterocycles. The van der Waals surface area contributed by atoms with Gasteiger partial charge in [0, 0.05) is 34.8 Å². The van der Waals surface area contributed by atoms with Crippen LogP contribution in [0.5, 0.6) is 11.5 Å². The van der Waals surface area contributed by atoms with Crippen LogP contribution in [0.4, 0.5) is 5.69 Å². The summed E-state index contributed by atoms with van der Waals surface area (Å²) < 4.78 is 0. The van der Waals surface area contributed by atoms with E-state index in [1.807, 2.05) is 0 Å². The number of allylic oxidation sites excluding steroid dienone is 3. The molecule has 2 heterocycles. The maximum atomic E-state index is 13.5. The van der Waals surface area contributed by atoms with Crippen LogP contribution in [0.25, 0.3) is 16.7 Å². The second-order valence-corrected chi connectivity index (χ2v) is 9.67. The van der Waals surface area contributed by atoms with Crippen molar-refractivity contribution in [1.29, 1.82) is 0 Å². The van der Waals surface area contributed by atoms with Gasteiger partial charge in [-0.15, -0.1) is 0 Å². The number of carboxylic acid groups (broad SMARTS) is 2. The number of carbonyl (C=O) groups excluding carboxylic acids is 2. The van der Waals surface area contributed by atoms with Gasteiger partial charge < -0.3 is 25.7 Å². The second-order valence-electron chi connectivity index (χ2n) is 9.67. The molecule has 0 saturated carbocycles. The first kappa shape index (κ1) is 24.8. The number of rotatable bonds is 4. The van der Waals surface area contributed by atoms with Gasteiger partial charge in [0.2, 0.25) is 5.91 Å². The largest absolute Gasteiger partial charge is 0.507 e. The van der Waals surface area contributed by atoms with Crippen molar-refractivity contribution in [2.75, 3.05) is 0 Å². The van der Waals surface area contributed by atoms with E-state index in [1.165, 1.54) is 48.5 Å². The Hall–Kier alpha value is -5.51. The second kappa shape index (κ2) is 9.05. The number of carboxylic acids is 2. The zero-order chi connectivity index (χ0) is 28.3. The molecule has 3 aromatic rings. The summed E-state index contributed by atoms with van der Waals surface area (Å²) >= 11 is 0. The Morgan fingerprint density at radius 2 is 1.52 bits per heavy atom. The number of phenolic OH excluding ortho intramolecular Hbond substituents is 2. The molecule has 2 aliphatic heterocycles. The molecule has 0 spiro atoms. The number of fused-ring (bicyclic) bond motifs is 5. The van der Waals surface area contributed by atoms with Crippen LogP contribution < -0.4 is 5.32 Å². The number of nitrogens with one attached hydrogen (secondary N) is 1. The minimum absolute atomic E-state index is 0.00364. The van der Waals surface area contributed by atoms with E-state index in [0.29, 0.717) is 11.1 Å². The highest BCUT2D eigenvalue weighted by Gasteiger charge is 2.46. The standard InChI is InChI=1S/C30H20N2O8/c33-20-8-7-17-19-12-31-26-18(11-21(34)23(27(26)35)14-4-2-6-16(10-14)30(39)40)25(19)32-28(36)24(17)22(20)13-3-1-5-15(9-13)29(37)38/h1-12,17,19,25,34-35H,(H,32,36)(H,37,38)(H,39,40). The SMILES string of the molecule is O=C1C=CC2C(=C1c1cccc(C(=O)O)c1)C(=O)NC1c3cc(O)c(-c4cccc(C(=O)O)c4)c(O)c3N=CC21. The highest BCUT2D eigenvalue weighted by molar-refractivity contribution is 6.32. The Bertz CT molecular complexity index is 1770. The van der Waals surface area contributed by atoms with Gasteiger partial charge in [-0.2, -0.15) is 0 Å². The minimum Gasteiger partial charge on any atom is -0.507 e. The molecule has 5 N–H and O–H groups in total. The number of hydrogen-bond donors (Lipinski definition) is 5. The smallest absolute Gasteiger partial charge is 0.335 e. The van der Waals surface area contributed by atoms with E-state index in [4.69, 9.17) is 0 Å². The molecule has 1 amide bonds. The lowest BCUT2D eigenvalue weighted by Crippen LogP contribution is -2.47. The van der Waals surface area contributed by atoms with Gasteiger partial charge in [-0.1, -0.05) is 30.3 Å². The lowest BCUT2D eigenvalue weighted by atomic mass is 9.69. The van der Waals surface area contributed by atoms with Gasteiger partial charge >= 0.3 is 11.9 Å². The highest BCUT2D eigenvalue weighted by atomic mass is 16.4. The predicted octanol–water partition coefficient (Wildman–Crippen LogP) is 3.87. The van der Waals surface area contributed by atoms with Crippen LogP contribution in [0.3, 0.4) is 0 Å². The Morgan fingerprint density at radius 1 is 0.875 bits per heavy atom. The molecule has 6 rings (SSSR count). The Labute approximate surface area is 226 Å². The maximum absolute atomic E-state index is 13.5. The molecule has 198 valence electrons. The van der Waals surface area contributed by atoms with E-state index >= 15 is 0 Å². The van der Waals surface area contributed by atoms with Crippen molar-refractivity contribution in [3.63, 3.8) is 0 Å². The number of aromatic hydroxyl groups is 2. The van der Waals surface area contributed by atoms with E-state index in [2.05, 4.69) is 10.3 Å². The highest BCUT2D eigenvalue weighted by Crippen LogP contribution is 2.53. The van der Waals surface area contributed by atoms with Gasteiger partial charge in [-0.25, -0.2) is 9.59 Å². The number of benzene rings is 3. The van der Waals surface area contributed by atoms with E-state index in [-0.39, 0.29) is 50.6 Å². The van der Waals surface area contributed by atoms with Crippen LogP contribution in [0.1, 0.15) is 37.9 Å². The van der Waals surface area contributed by atoms with Gasteiger partial charge in [0.15, 0.2) is 11.5 Å². The molecule has 3 aliphatic rings. The number of aliphatic imine (C=N–C) groups is 1. The van der Waals surface area contributed by atoms with Crippen molar-refractivity contribution >= 4 is 41.1 Å². The van der Waals surface area contributed by atoms with Gasteiger partial charge in [0.05, 0.1) is 22.7 Å². The zero-order valence-corrected chi connectivity index (χ0v) is 20.5. The summed E-state index contributed by atoms with van der Waals surface area (Å²) in [6.45, 7) is 0. The monoisotopic (exact) mass is 536 g/mol. The third kappa shape index (κ3) is 3.77. The molecule has 3 aromatic carbocycles. The number of hydrogen-bond acceptors (Lipinski definition) is 7. The number of phenols is 2. The Balaban J connectivity index is 1.45. The topological polar surface area (TPSA) is 174 Å². The van der Waals surface area contributed by atoms with E-state index in [9.17, 15) is 39.6 Å². The summed E-state index contributed by atoms with van der Waals surface area (Å²) in [5.74, 6) is -5.08. The molecule has 10 nitrogen and oxygen atoms in total. The first-order valence-corrected chi connectivity index (χ1v) is 12.2. The Morgan fingerprint density at radius 3 is 2.20 bits per heavy atom. The summed E-state index contributed by atoms with van der Waals surface area (Å²) in [6, 6.07) is 12.2. The molecule has 0 radical (unpaired) electrons. The van der Waals surface area contributed by atoms with Crippen LogP contribution in [0, 0.1) is 11.8 Å². The molecule has 1 saturated heterocycles. The van der Waals surface area contributed by atoms with E-state index in [1.54, 1.807) is 24.4 Å². The van der Waals surface area contributed by atoms with Crippen LogP contribution in [0.15, 0.2) is 77.3 Å². The third-order valence-electron chi connectivity index (χ3n) is 7.42. The van der Waals surface area contributed by atoms with Crippen molar-refractivity contribution < 1.29 is 39.6 Å². The van der Waals surface area contributed by atoms with Crippen molar-refractivity contribution in [3.8, 4) is 22.6 Å². The van der Waals surface area contributed by atoms with Gasteiger partial charge in [-0.05, 0) is 47.5 Å². The van der Waals surface area contributed by atoms with Gasteiger partial charge in [-0.3, -0.25) is 14.6 Å². The number of nitrogens with zero attached hydrogens (tertiary/aromatic N) is 1. The lowest BCUT2D eigenvalue weighted by molar-refractivity contribution is -0.121. The molecule has 3 atom stereocenters.